The quantitative estimate of drug-likeness (QED) is 0.127. The molecule has 0 spiro atoms. The molecule has 6 nitrogen and oxygen atoms in total. The lowest BCUT2D eigenvalue weighted by Crippen LogP contribution is -2.00. The van der Waals surface area contributed by atoms with Gasteiger partial charge in [-0.1, -0.05) is 133 Å². The highest BCUT2D eigenvalue weighted by Crippen LogP contribution is 2.42. The van der Waals surface area contributed by atoms with E-state index in [1.165, 1.54) is 0 Å². The summed E-state index contributed by atoms with van der Waals surface area (Å²) >= 11 is 0. The minimum absolute atomic E-state index is 0.612. The third-order valence-electron chi connectivity index (χ3n) is 10.2. The van der Waals surface area contributed by atoms with Crippen LogP contribution in [-0.4, -0.2) is 24.9 Å². The number of fused-ring (bicyclic) bond motifs is 5. The first kappa shape index (κ1) is 32.7. The van der Waals surface area contributed by atoms with Crippen molar-refractivity contribution in [2.45, 2.75) is 0 Å². The lowest BCUT2D eigenvalue weighted by Gasteiger charge is -2.16. The van der Waals surface area contributed by atoms with Crippen molar-refractivity contribution >= 4 is 38.1 Å². The van der Waals surface area contributed by atoms with Crippen LogP contribution in [0, 0.1) is 6.57 Å². The summed E-state index contributed by atoms with van der Waals surface area (Å²) in [5, 5.41) is 5.61. The Morgan fingerprint density at radius 1 is 0.375 bits per heavy atom. The third kappa shape index (κ3) is 5.90. The van der Waals surface area contributed by atoms with E-state index in [1.807, 2.05) is 110 Å². The lowest BCUT2D eigenvalue weighted by molar-refractivity contribution is 1.07. The minimum atomic E-state index is 0.612. The van der Waals surface area contributed by atoms with Gasteiger partial charge in [0.2, 0.25) is 0 Å². The number of pyridine rings is 2. The maximum atomic E-state index is 7.34. The van der Waals surface area contributed by atoms with Crippen molar-refractivity contribution in [2.24, 2.45) is 0 Å². The first-order valence-electron chi connectivity index (χ1n) is 18.3. The second-order valence-corrected chi connectivity index (χ2v) is 13.6. The van der Waals surface area contributed by atoms with Crippen LogP contribution in [0.5, 0.6) is 0 Å². The standard InChI is InChI=1S/C50H30N6/c1-51-39-23-21-32(22-24-39)37-27-38(31-52-30-37)44-29-45-41-19-9-8-18-40(41)43(28-46(45)42-20-11-25-53-47(42)44)35-16-10-17-36(26-35)50-55-48(33-12-4-2-5-13-33)54-49(56-50)34-14-6-3-7-15-34/h2-31H. The molecule has 0 aliphatic heterocycles. The van der Waals surface area contributed by atoms with Crippen molar-refractivity contribution in [3.63, 3.8) is 0 Å². The Labute approximate surface area is 323 Å². The predicted octanol–water partition coefficient (Wildman–Crippen LogP) is 12.7. The lowest BCUT2D eigenvalue weighted by atomic mass is 9.89. The maximum absolute atomic E-state index is 7.34. The van der Waals surface area contributed by atoms with Gasteiger partial charge in [0.1, 0.15) is 0 Å². The van der Waals surface area contributed by atoms with E-state index in [1.54, 1.807) is 0 Å². The monoisotopic (exact) mass is 714 g/mol. The molecule has 10 aromatic rings. The van der Waals surface area contributed by atoms with Gasteiger partial charge in [0, 0.05) is 57.4 Å². The zero-order chi connectivity index (χ0) is 37.4. The molecule has 6 heteroatoms. The fraction of sp³-hybridized carbons (Fsp3) is 0. The molecule has 3 heterocycles. The molecule has 0 aliphatic rings. The molecule has 0 fully saturated rings. The molecular formula is C50H30N6. The summed E-state index contributed by atoms with van der Waals surface area (Å²) in [6.07, 6.45) is 5.62. The van der Waals surface area contributed by atoms with E-state index < -0.39 is 0 Å². The summed E-state index contributed by atoms with van der Waals surface area (Å²) in [6, 6.07) is 55.7. The van der Waals surface area contributed by atoms with Gasteiger partial charge in [-0.2, -0.15) is 0 Å². The normalized spacial score (nSPS) is 11.2. The molecule has 0 amide bonds. The molecule has 56 heavy (non-hydrogen) atoms. The summed E-state index contributed by atoms with van der Waals surface area (Å²) < 4.78 is 0. The van der Waals surface area contributed by atoms with Gasteiger partial charge in [-0.05, 0) is 68.6 Å². The van der Waals surface area contributed by atoms with Gasteiger partial charge in [-0.15, -0.1) is 0 Å². The summed E-state index contributed by atoms with van der Waals surface area (Å²) in [7, 11) is 0. The van der Waals surface area contributed by atoms with Crippen LogP contribution in [0.1, 0.15) is 0 Å². The largest absolute Gasteiger partial charge is 0.263 e. The van der Waals surface area contributed by atoms with Crippen LogP contribution in [0.3, 0.4) is 0 Å². The van der Waals surface area contributed by atoms with Crippen LogP contribution >= 0.6 is 0 Å². The number of hydrogen-bond acceptors (Lipinski definition) is 5. The summed E-state index contributed by atoms with van der Waals surface area (Å²) in [6.45, 7) is 7.34. The number of nitrogens with zero attached hydrogens (tertiary/aromatic N) is 6. The Morgan fingerprint density at radius 3 is 1.64 bits per heavy atom. The predicted molar refractivity (Wildman–Crippen MR) is 227 cm³/mol. The molecule has 260 valence electrons. The fourth-order valence-corrected chi connectivity index (χ4v) is 7.52. The van der Waals surface area contributed by atoms with Gasteiger partial charge in [0.25, 0.3) is 0 Å². The molecule has 0 N–H and O–H groups in total. The molecule has 3 aromatic heterocycles. The Balaban J connectivity index is 1.14. The fourth-order valence-electron chi connectivity index (χ4n) is 7.52. The first-order chi connectivity index (χ1) is 27.7. The molecule has 7 aromatic carbocycles. The van der Waals surface area contributed by atoms with E-state index in [-0.39, 0.29) is 0 Å². The molecule has 0 bridgehead atoms. The molecule has 0 aliphatic carbocycles. The van der Waals surface area contributed by atoms with Gasteiger partial charge in [-0.25, -0.2) is 19.8 Å². The van der Waals surface area contributed by atoms with Gasteiger partial charge in [0.05, 0.1) is 12.1 Å². The molecule has 0 saturated carbocycles. The zero-order valence-corrected chi connectivity index (χ0v) is 30.0. The number of rotatable bonds is 6. The number of benzene rings is 7. The van der Waals surface area contributed by atoms with E-state index in [9.17, 15) is 0 Å². The minimum Gasteiger partial charge on any atom is -0.263 e. The molecule has 10 rings (SSSR count). The van der Waals surface area contributed by atoms with Gasteiger partial charge < -0.3 is 0 Å². The second kappa shape index (κ2) is 13.8. The van der Waals surface area contributed by atoms with Crippen molar-refractivity contribution in [2.75, 3.05) is 0 Å². The van der Waals surface area contributed by atoms with Crippen LogP contribution in [-0.2, 0) is 0 Å². The highest BCUT2D eigenvalue weighted by Gasteiger charge is 2.18. The van der Waals surface area contributed by atoms with E-state index in [0.29, 0.717) is 23.2 Å². The average Bonchev–Trinajstić information content (AvgIpc) is 3.29. The highest BCUT2D eigenvalue weighted by molar-refractivity contribution is 6.23. The second-order valence-electron chi connectivity index (χ2n) is 13.6. The highest BCUT2D eigenvalue weighted by atomic mass is 15.0. The van der Waals surface area contributed by atoms with Gasteiger partial charge in [-0.3, -0.25) is 9.97 Å². The van der Waals surface area contributed by atoms with Crippen molar-refractivity contribution in [1.29, 1.82) is 0 Å². The number of aromatic nitrogens is 5. The van der Waals surface area contributed by atoms with Gasteiger partial charge in [0.15, 0.2) is 23.2 Å². The summed E-state index contributed by atoms with van der Waals surface area (Å²) in [4.78, 5) is 28.1. The van der Waals surface area contributed by atoms with Crippen LogP contribution in [0.25, 0.3) is 105 Å². The Kier molecular flexibility index (Phi) is 8.09. The Bertz CT molecular complexity index is 3080. The SMILES string of the molecule is [C-]#[N+]c1ccc(-c2cncc(-c3cc4c5ccccc5c(-c5cccc(-c6nc(-c7ccccc7)nc(-c7ccccc7)n6)c5)cc4c4cccnc34)c2)cc1. The van der Waals surface area contributed by atoms with Crippen LogP contribution in [0.4, 0.5) is 5.69 Å². The molecule has 0 saturated heterocycles. The van der Waals surface area contributed by atoms with Crippen molar-refractivity contribution < 1.29 is 0 Å². The van der Waals surface area contributed by atoms with Gasteiger partial charge >= 0.3 is 0 Å². The molecular weight excluding hydrogens is 685 g/mol. The number of hydrogen-bond donors (Lipinski definition) is 0. The van der Waals surface area contributed by atoms with Crippen LogP contribution in [0.2, 0.25) is 0 Å². The molecule has 0 unspecified atom stereocenters. The van der Waals surface area contributed by atoms with E-state index in [2.05, 4.69) is 82.6 Å². The van der Waals surface area contributed by atoms with Crippen LogP contribution < -0.4 is 0 Å². The molecule has 0 atom stereocenters. The summed E-state index contributed by atoms with van der Waals surface area (Å²) in [5.41, 5.74) is 10.4. The smallest absolute Gasteiger partial charge is 0.187 e. The van der Waals surface area contributed by atoms with Crippen molar-refractivity contribution in [3.05, 3.63) is 194 Å². The molecule has 0 radical (unpaired) electrons. The van der Waals surface area contributed by atoms with Crippen molar-refractivity contribution in [3.8, 4) is 67.5 Å². The van der Waals surface area contributed by atoms with E-state index >= 15 is 0 Å². The zero-order valence-electron chi connectivity index (χ0n) is 30.0. The summed E-state index contributed by atoms with van der Waals surface area (Å²) in [5.74, 6) is 1.87. The van der Waals surface area contributed by atoms with Crippen molar-refractivity contribution in [1.82, 2.24) is 24.9 Å². The Hall–Kier alpha value is -7.88. The Morgan fingerprint density at radius 2 is 0.929 bits per heavy atom. The third-order valence-corrected chi connectivity index (χ3v) is 10.2. The van der Waals surface area contributed by atoms with Crippen LogP contribution in [0.15, 0.2) is 182 Å². The van der Waals surface area contributed by atoms with E-state index in [0.717, 1.165) is 82.5 Å². The van der Waals surface area contributed by atoms with E-state index in [4.69, 9.17) is 26.5 Å². The average molecular weight is 715 g/mol. The topological polar surface area (TPSA) is 68.8 Å². The first-order valence-corrected chi connectivity index (χ1v) is 18.3. The maximum Gasteiger partial charge on any atom is 0.187 e.